The van der Waals surface area contributed by atoms with Crippen molar-refractivity contribution >= 4 is 45.9 Å². The van der Waals surface area contributed by atoms with Crippen LogP contribution >= 0.6 is 23.2 Å². The number of halogens is 2. The van der Waals surface area contributed by atoms with Crippen LogP contribution in [-0.2, 0) is 11.2 Å². The Bertz CT molecular complexity index is 1040. The summed E-state index contributed by atoms with van der Waals surface area (Å²) < 4.78 is 0. The Kier molecular flexibility index (Phi) is 5.79. The molecule has 1 aromatic heterocycles. The number of carbonyl (C=O) groups is 2. The highest BCUT2D eigenvalue weighted by Gasteiger charge is 2.34. The summed E-state index contributed by atoms with van der Waals surface area (Å²) in [4.78, 5) is 30.5. The first-order valence-electron chi connectivity index (χ1n) is 9.63. The summed E-state index contributed by atoms with van der Waals surface area (Å²) in [6.07, 6.45) is 4.14. The van der Waals surface area contributed by atoms with Crippen molar-refractivity contribution in [1.82, 2.24) is 15.2 Å². The fourth-order valence-corrected chi connectivity index (χ4v) is 4.43. The number of aromatic amines is 1. The van der Waals surface area contributed by atoms with Gasteiger partial charge in [0.15, 0.2) is 0 Å². The average molecular weight is 430 g/mol. The maximum absolute atomic E-state index is 12.9. The van der Waals surface area contributed by atoms with E-state index in [9.17, 15) is 9.59 Å². The van der Waals surface area contributed by atoms with Crippen molar-refractivity contribution in [3.05, 3.63) is 69.8 Å². The predicted molar refractivity (Wildman–Crippen MR) is 116 cm³/mol. The number of likely N-dealkylation sites (tertiary alicyclic amines) is 1. The largest absolute Gasteiger partial charge is 0.361 e. The summed E-state index contributed by atoms with van der Waals surface area (Å²) in [5.41, 5.74) is 2.65. The van der Waals surface area contributed by atoms with Gasteiger partial charge in [-0.25, -0.2) is 0 Å². The lowest BCUT2D eigenvalue weighted by atomic mass is 10.1. The van der Waals surface area contributed by atoms with Crippen LogP contribution in [0.1, 0.15) is 28.8 Å². The number of hydrogen-bond donors (Lipinski definition) is 2. The van der Waals surface area contributed by atoms with E-state index in [0.717, 1.165) is 29.3 Å². The van der Waals surface area contributed by atoms with Crippen LogP contribution in [0.5, 0.6) is 0 Å². The third kappa shape index (κ3) is 4.26. The minimum Gasteiger partial charge on any atom is -0.361 e. The van der Waals surface area contributed by atoms with E-state index in [1.54, 1.807) is 23.1 Å². The first-order chi connectivity index (χ1) is 14.0. The molecular formula is C22H21Cl2N3O2. The summed E-state index contributed by atoms with van der Waals surface area (Å²) in [6.45, 7) is 1.06. The Balaban J connectivity index is 1.39. The number of hydrogen-bond acceptors (Lipinski definition) is 2. The molecule has 1 atom stereocenters. The minimum atomic E-state index is -0.469. The fourth-order valence-electron chi connectivity index (χ4n) is 3.90. The van der Waals surface area contributed by atoms with Crippen molar-refractivity contribution in [3.8, 4) is 0 Å². The van der Waals surface area contributed by atoms with Crippen molar-refractivity contribution in [2.75, 3.05) is 13.1 Å². The highest BCUT2D eigenvalue weighted by Crippen LogP contribution is 2.24. The summed E-state index contributed by atoms with van der Waals surface area (Å²) in [6, 6.07) is 12.4. The summed E-state index contributed by atoms with van der Waals surface area (Å²) >= 11 is 12.0. The zero-order chi connectivity index (χ0) is 20.4. The molecule has 1 fully saturated rings. The number of carbonyl (C=O) groups excluding carboxylic acids is 2. The molecule has 7 heteroatoms. The van der Waals surface area contributed by atoms with E-state index in [1.165, 1.54) is 0 Å². The zero-order valence-corrected chi connectivity index (χ0v) is 17.3. The lowest BCUT2D eigenvalue weighted by molar-refractivity contribution is -0.124. The summed E-state index contributed by atoms with van der Waals surface area (Å²) in [5, 5.41) is 4.96. The number of amides is 2. The Labute approximate surface area is 179 Å². The van der Waals surface area contributed by atoms with E-state index in [2.05, 4.69) is 16.4 Å². The molecule has 2 heterocycles. The highest BCUT2D eigenvalue weighted by atomic mass is 35.5. The van der Waals surface area contributed by atoms with Crippen LogP contribution in [0, 0.1) is 0 Å². The maximum atomic E-state index is 12.9. The van der Waals surface area contributed by atoms with Gasteiger partial charge in [0.2, 0.25) is 5.91 Å². The van der Waals surface area contributed by atoms with Crippen molar-refractivity contribution in [1.29, 1.82) is 0 Å². The maximum Gasteiger partial charge on any atom is 0.254 e. The molecular weight excluding hydrogens is 409 g/mol. The van der Waals surface area contributed by atoms with Gasteiger partial charge in [0.1, 0.15) is 6.04 Å². The molecule has 0 saturated carbocycles. The fraction of sp³-hybridized carbons (Fsp3) is 0.273. The van der Waals surface area contributed by atoms with Gasteiger partial charge in [0.25, 0.3) is 5.91 Å². The van der Waals surface area contributed by atoms with Gasteiger partial charge in [-0.1, -0.05) is 41.4 Å². The third-order valence-corrected chi connectivity index (χ3v) is 5.73. The standard InChI is InChI=1S/C22H21Cl2N3O2/c23-16-10-15(11-17(24)12-16)22(29)27-9-3-6-20(27)21(28)25-8-7-14-13-26-19-5-2-1-4-18(14)19/h1-2,4-5,10-13,20,26H,3,6-9H2,(H,25,28). The third-order valence-electron chi connectivity index (χ3n) is 5.29. The number of para-hydroxylation sites is 1. The molecule has 1 saturated heterocycles. The van der Waals surface area contributed by atoms with Crippen LogP contribution in [0.25, 0.3) is 10.9 Å². The van der Waals surface area contributed by atoms with E-state index in [-0.39, 0.29) is 11.8 Å². The van der Waals surface area contributed by atoms with Gasteiger partial charge in [-0.05, 0) is 49.1 Å². The lowest BCUT2D eigenvalue weighted by Gasteiger charge is -2.24. The van der Waals surface area contributed by atoms with Crippen LogP contribution in [0.2, 0.25) is 10.0 Å². The SMILES string of the molecule is O=C(NCCc1c[nH]c2ccccc12)C1CCCN1C(=O)c1cc(Cl)cc(Cl)c1. The molecule has 3 aromatic rings. The molecule has 0 bridgehead atoms. The summed E-state index contributed by atoms with van der Waals surface area (Å²) in [7, 11) is 0. The van der Waals surface area contributed by atoms with Crippen LogP contribution < -0.4 is 5.32 Å². The van der Waals surface area contributed by atoms with Crippen LogP contribution in [0.4, 0.5) is 0 Å². The normalized spacial score (nSPS) is 16.3. The van der Waals surface area contributed by atoms with E-state index < -0.39 is 6.04 Å². The van der Waals surface area contributed by atoms with Crippen LogP contribution in [0.3, 0.4) is 0 Å². The van der Waals surface area contributed by atoms with Gasteiger partial charge in [0.05, 0.1) is 0 Å². The zero-order valence-electron chi connectivity index (χ0n) is 15.8. The van der Waals surface area contributed by atoms with Gasteiger partial charge in [-0.3, -0.25) is 9.59 Å². The Morgan fingerprint density at radius 2 is 1.90 bits per heavy atom. The van der Waals surface area contributed by atoms with E-state index >= 15 is 0 Å². The van der Waals surface area contributed by atoms with Gasteiger partial charge in [-0.2, -0.15) is 0 Å². The van der Waals surface area contributed by atoms with E-state index in [0.29, 0.717) is 35.1 Å². The molecule has 0 radical (unpaired) electrons. The molecule has 5 nitrogen and oxygen atoms in total. The van der Waals surface area contributed by atoms with Crippen molar-refractivity contribution in [2.45, 2.75) is 25.3 Å². The van der Waals surface area contributed by atoms with Gasteiger partial charge >= 0.3 is 0 Å². The number of benzene rings is 2. The lowest BCUT2D eigenvalue weighted by Crippen LogP contribution is -2.46. The highest BCUT2D eigenvalue weighted by molar-refractivity contribution is 6.35. The quantitative estimate of drug-likeness (QED) is 0.629. The number of H-pyrrole nitrogens is 1. The molecule has 1 aliphatic rings. The number of rotatable bonds is 5. The molecule has 2 N–H and O–H groups in total. The number of nitrogens with zero attached hydrogens (tertiary/aromatic N) is 1. The average Bonchev–Trinajstić information content (AvgIpc) is 3.34. The number of aromatic nitrogens is 1. The first-order valence-corrected chi connectivity index (χ1v) is 10.4. The Hall–Kier alpha value is -2.50. The molecule has 2 aromatic carbocycles. The van der Waals surface area contributed by atoms with Crippen LogP contribution in [0.15, 0.2) is 48.7 Å². The molecule has 0 aliphatic carbocycles. The molecule has 1 aliphatic heterocycles. The summed E-state index contributed by atoms with van der Waals surface area (Å²) in [5.74, 6) is -0.340. The predicted octanol–water partition coefficient (Wildman–Crippen LogP) is 4.44. The Morgan fingerprint density at radius 1 is 1.14 bits per heavy atom. The van der Waals surface area contributed by atoms with Crippen molar-refractivity contribution in [3.63, 3.8) is 0 Å². The second-order valence-corrected chi connectivity index (χ2v) is 8.09. The van der Waals surface area contributed by atoms with Gasteiger partial charge in [-0.15, -0.1) is 0 Å². The number of nitrogens with one attached hydrogen (secondary N) is 2. The number of fused-ring (bicyclic) bond motifs is 1. The van der Waals surface area contributed by atoms with Gasteiger partial charge < -0.3 is 15.2 Å². The topological polar surface area (TPSA) is 65.2 Å². The molecule has 29 heavy (non-hydrogen) atoms. The van der Waals surface area contributed by atoms with E-state index in [1.807, 2.05) is 24.4 Å². The second-order valence-electron chi connectivity index (χ2n) is 7.22. The first kappa shape index (κ1) is 19.8. The minimum absolute atomic E-state index is 0.121. The molecule has 150 valence electrons. The molecule has 1 unspecified atom stereocenters. The second kappa shape index (κ2) is 8.47. The molecule has 4 rings (SSSR count). The molecule has 2 amide bonds. The van der Waals surface area contributed by atoms with Gasteiger partial charge in [0, 0.05) is 45.8 Å². The van der Waals surface area contributed by atoms with Crippen LogP contribution in [-0.4, -0.2) is 40.8 Å². The van der Waals surface area contributed by atoms with Crippen molar-refractivity contribution in [2.24, 2.45) is 0 Å². The smallest absolute Gasteiger partial charge is 0.254 e. The Morgan fingerprint density at radius 3 is 2.69 bits per heavy atom. The molecule has 0 spiro atoms. The monoisotopic (exact) mass is 429 g/mol. The van der Waals surface area contributed by atoms with E-state index in [4.69, 9.17) is 23.2 Å². The van der Waals surface area contributed by atoms with Crippen molar-refractivity contribution < 1.29 is 9.59 Å².